The standard InChI is InChI=1S/C28H21ClN2O/c1-32-18-17-20-15-16-22(29)19-25(20)24-13-8-14-26-27(24)31(23-11-6-3-7-12-23)28(30-26)21-9-4-2-5-10-21/h2-19H,1H3. The lowest BCUT2D eigenvalue weighted by Crippen LogP contribution is -1.99. The Morgan fingerprint density at radius 1 is 0.812 bits per heavy atom. The van der Waals surface area contributed by atoms with Crippen LogP contribution in [0.3, 0.4) is 0 Å². The van der Waals surface area contributed by atoms with Gasteiger partial charge in [-0.2, -0.15) is 0 Å². The fourth-order valence-electron chi connectivity index (χ4n) is 4.00. The summed E-state index contributed by atoms with van der Waals surface area (Å²) >= 11 is 6.43. The van der Waals surface area contributed by atoms with Gasteiger partial charge in [0, 0.05) is 21.8 Å². The number of aromatic nitrogens is 2. The van der Waals surface area contributed by atoms with Crippen molar-refractivity contribution in [2.45, 2.75) is 0 Å². The summed E-state index contributed by atoms with van der Waals surface area (Å²) < 4.78 is 7.41. The van der Waals surface area contributed by atoms with Crippen molar-refractivity contribution in [1.82, 2.24) is 9.55 Å². The SMILES string of the molecule is COC=Cc1ccc(Cl)cc1-c1cccc2nc(-c3ccccc3)n(-c3ccccc3)c12. The molecular weight excluding hydrogens is 416 g/mol. The van der Waals surface area contributed by atoms with E-state index in [-0.39, 0.29) is 0 Å². The lowest BCUT2D eigenvalue weighted by atomic mass is 9.98. The third-order valence-corrected chi connectivity index (χ3v) is 5.65. The van der Waals surface area contributed by atoms with Gasteiger partial charge in [-0.1, -0.05) is 78.3 Å². The van der Waals surface area contributed by atoms with Crippen molar-refractivity contribution in [2.75, 3.05) is 7.11 Å². The Balaban J connectivity index is 1.87. The maximum atomic E-state index is 6.43. The average Bonchev–Trinajstić information content (AvgIpc) is 3.24. The molecule has 3 nitrogen and oxygen atoms in total. The summed E-state index contributed by atoms with van der Waals surface area (Å²) in [6.07, 6.45) is 3.63. The quantitative estimate of drug-likeness (QED) is 0.265. The number of rotatable bonds is 5. The molecule has 0 unspecified atom stereocenters. The topological polar surface area (TPSA) is 27.1 Å². The third-order valence-electron chi connectivity index (χ3n) is 5.41. The van der Waals surface area contributed by atoms with Crippen LogP contribution in [0.4, 0.5) is 0 Å². The van der Waals surface area contributed by atoms with E-state index in [4.69, 9.17) is 21.3 Å². The van der Waals surface area contributed by atoms with Gasteiger partial charge in [-0.25, -0.2) is 4.98 Å². The van der Waals surface area contributed by atoms with Crippen LogP contribution in [0.5, 0.6) is 0 Å². The predicted octanol–water partition coefficient (Wildman–Crippen LogP) is 7.63. The molecule has 0 amide bonds. The van der Waals surface area contributed by atoms with Crippen LogP contribution in [0, 0.1) is 0 Å². The highest BCUT2D eigenvalue weighted by Gasteiger charge is 2.19. The van der Waals surface area contributed by atoms with Gasteiger partial charge < -0.3 is 4.74 Å². The Labute approximate surface area is 192 Å². The van der Waals surface area contributed by atoms with Crippen molar-refractivity contribution in [1.29, 1.82) is 0 Å². The molecule has 156 valence electrons. The number of nitrogens with zero attached hydrogens (tertiary/aromatic N) is 2. The normalized spacial score (nSPS) is 11.3. The minimum Gasteiger partial charge on any atom is -0.504 e. The van der Waals surface area contributed by atoms with Crippen LogP contribution in [-0.2, 0) is 4.74 Å². The van der Waals surface area contributed by atoms with Gasteiger partial charge in [-0.05, 0) is 47.5 Å². The minimum absolute atomic E-state index is 0.681. The van der Waals surface area contributed by atoms with Gasteiger partial charge in [-0.15, -0.1) is 0 Å². The Morgan fingerprint density at radius 2 is 1.56 bits per heavy atom. The second kappa shape index (κ2) is 8.74. The van der Waals surface area contributed by atoms with Crippen LogP contribution in [0.15, 0.2) is 103 Å². The van der Waals surface area contributed by atoms with Gasteiger partial charge in [0.05, 0.1) is 24.4 Å². The zero-order valence-corrected chi connectivity index (χ0v) is 18.3. The summed E-state index contributed by atoms with van der Waals surface area (Å²) in [7, 11) is 1.64. The molecule has 1 heterocycles. The predicted molar refractivity (Wildman–Crippen MR) is 133 cm³/mol. The van der Waals surface area contributed by atoms with Crippen LogP contribution < -0.4 is 0 Å². The summed E-state index contributed by atoms with van der Waals surface area (Å²) in [5.74, 6) is 0.898. The molecule has 4 aromatic carbocycles. The summed E-state index contributed by atoms with van der Waals surface area (Å²) in [5, 5.41) is 0.681. The van der Waals surface area contributed by atoms with Gasteiger partial charge >= 0.3 is 0 Å². The van der Waals surface area contributed by atoms with Crippen molar-refractivity contribution < 1.29 is 4.74 Å². The molecule has 0 fully saturated rings. The largest absolute Gasteiger partial charge is 0.504 e. The number of para-hydroxylation sites is 2. The first-order valence-electron chi connectivity index (χ1n) is 10.4. The van der Waals surface area contributed by atoms with Crippen molar-refractivity contribution in [3.8, 4) is 28.2 Å². The van der Waals surface area contributed by atoms with Crippen molar-refractivity contribution >= 4 is 28.7 Å². The molecule has 0 N–H and O–H groups in total. The molecule has 0 aliphatic rings. The summed E-state index contributed by atoms with van der Waals surface area (Å²) in [6, 6.07) is 32.7. The Kier molecular flexibility index (Phi) is 5.49. The van der Waals surface area contributed by atoms with E-state index >= 15 is 0 Å². The van der Waals surface area contributed by atoms with Gasteiger partial charge in [0.25, 0.3) is 0 Å². The third kappa shape index (κ3) is 3.68. The molecular formula is C28H21ClN2O. The van der Waals surface area contributed by atoms with Gasteiger partial charge in [0.1, 0.15) is 5.82 Å². The van der Waals surface area contributed by atoms with E-state index in [0.29, 0.717) is 5.02 Å². The second-order valence-electron chi connectivity index (χ2n) is 7.42. The van der Waals surface area contributed by atoms with E-state index < -0.39 is 0 Å². The number of ether oxygens (including phenoxy) is 1. The molecule has 4 heteroatoms. The molecule has 0 spiro atoms. The van der Waals surface area contributed by atoms with Crippen LogP contribution in [-0.4, -0.2) is 16.7 Å². The Hall–Kier alpha value is -3.82. The Morgan fingerprint density at radius 3 is 2.31 bits per heavy atom. The average molecular weight is 437 g/mol. The molecule has 5 aromatic rings. The molecule has 0 aliphatic heterocycles. The van der Waals surface area contributed by atoms with Crippen LogP contribution in [0.1, 0.15) is 5.56 Å². The number of hydrogen-bond donors (Lipinski definition) is 0. The highest BCUT2D eigenvalue weighted by Crippen LogP contribution is 2.37. The molecule has 5 rings (SSSR count). The van der Waals surface area contributed by atoms with Crippen LogP contribution in [0.2, 0.25) is 5.02 Å². The summed E-state index contributed by atoms with van der Waals surface area (Å²) in [4.78, 5) is 5.05. The van der Waals surface area contributed by atoms with Crippen LogP contribution in [0.25, 0.3) is 45.3 Å². The van der Waals surface area contributed by atoms with Crippen molar-refractivity contribution in [3.05, 3.63) is 114 Å². The maximum absolute atomic E-state index is 6.43. The fourth-order valence-corrected chi connectivity index (χ4v) is 4.17. The molecule has 0 atom stereocenters. The first-order valence-corrected chi connectivity index (χ1v) is 10.8. The summed E-state index contributed by atoms with van der Waals surface area (Å²) in [6.45, 7) is 0. The zero-order valence-electron chi connectivity index (χ0n) is 17.6. The number of halogens is 1. The molecule has 32 heavy (non-hydrogen) atoms. The molecule has 0 radical (unpaired) electrons. The van der Waals surface area contributed by atoms with E-state index in [2.05, 4.69) is 41.0 Å². The number of imidazole rings is 1. The number of fused-ring (bicyclic) bond motifs is 1. The van der Waals surface area contributed by atoms with Crippen LogP contribution >= 0.6 is 11.6 Å². The number of benzene rings is 4. The van der Waals surface area contributed by atoms with Gasteiger partial charge in [-0.3, -0.25) is 4.57 Å². The zero-order chi connectivity index (χ0) is 21.9. The van der Waals surface area contributed by atoms with E-state index in [1.165, 1.54) is 0 Å². The first-order chi connectivity index (χ1) is 15.8. The van der Waals surface area contributed by atoms with E-state index in [1.807, 2.05) is 66.7 Å². The molecule has 0 saturated carbocycles. The highest BCUT2D eigenvalue weighted by molar-refractivity contribution is 6.31. The lowest BCUT2D eigenvalue weighted by Gasteiger charge is -2.14. The Bertz CT molecular complexity index is 1410. The molecule has 0 saturated heterocycles. The molecule has 0 aliphatic carbocycles. The molecule has 0 bridgehead atoms. The van der Waals surface area contributed by atoms with E-state index in [9.17, 15) is 0 Å². The second-order valence-corrected chi connectivity index (χ2v) is 7.85. The molecule has 1 aromatic heterocycles. The van der Waals surface area contributed by atoms with E-state index in [0.717, 1.165) is 44.8 Å². The fraction of sp³-hybridized carbons (Fsp3) is 0.0357. The minimum atomic E-state index is 0.681. The van der Waals surface area contributed by atoms with Gasteiger partial charge in [0.15, 0.2) is 0 Å². The van der Waals surface area contributed by atoms with Crippen molar-refractivity contribution in [2.24, 2.45) is 0 Å². The first kappa shape index (κ1) is 20.1. The lowest BCUT2D eigenvalue weighted by molar-refractivity contribution is 0.341. The monoisotopic (exact) mass is 436 g/mol. The van der Waals surface area contributed by atoms with E-state index in [1.54, 1.807) is 13.4 Å². The van der Waals surface area contributed by atoms with Gasteiger partial charge in [0.2, 0.25) is 0 Å². The smallest absolute Gasteiger partial charge is 0.145 e. The number of methoxy groups -OCH3 is 1. The highest BCUT2D eigenvalue weighted by atomic mass is 35.5. The summed E-state index contributed by atoms with van der Waals surface area (Å²) in [5.41, 5.74) is 7.17. The number of hydrogen-bond acceptors (Lipinski definition) is 2. The van der Waals surface area contributed by atoms with Crippen molar-refractivity contribution in [3.63, 3.8) is 0 Å². The maximum Gasteiger partial charge on any atom is 0.145 e.